The lowest BCUT2D eigenvalue weighted by Crippen LogP contribution is -2.14. The van der Waals surface area contributed by atoms with Gasteiger partial charge in [-0.15, -0.1) is 0 Å². The summed E-state index contributed by atoms with van der Waals surface area (Å²) in [7, 11) is 0. The largest absolute Gasteiger partial charge is 0.508 e. The molecular formula is C15H13BrFNO2. The third-order valence-electron chi connectivity index (χ3n) is 2.89. The Morgan fingerprint density at radius 3 is 2.35 bits per heavy atom. The van der Waals surface area contributed by atoms with E-state index in [1.165, 1.54) is 12.1 Å². The molecule has 20 heavy (non-hydrogen) atoms. The molecule has 2 aromatic carbocycles. The minimum atomic E-state index is -0.756. The maximum atomic E-state index is 13.6. The molecule has 0 atom stereocenters. The molecule has 3 nitrogen and oxygen atoms in total. The summed E-state index contributed by atoms with van der Waals surface area (Å²) in [6.45, 7) is 3.82. The highest BCUT2D eigenvalue weighted by atomic mass is 79.9. The highest BCUT2D eigenvalue weighted by Gasteiger charge is 2.13. The number of benzene rings is 2. The van der Waals surface area contributed by atoms with Crippen LogP contribution in [0.25, 0.3) is 0 Å². The van der Waals surface area contributed by atoms with Crippen molar-refractivity contribution in [1.29, 1.82) is 0 Å². The van der Waals surface area contributed by atoms with Crippen molar-refractivity contribution in [3.05, 3.63) is 57.3 Å². The zero-order valence-electron chi connectivity index (χ0n) is 11.0. The van der Waals surface area contributed by atoms with E-state index in [2.05, 4.69) is 21.2 Å². The Labute approximate surface area is 124 Å². The van der Waals surface area contributed by atoms with E-state index in [1.54, 1.807) is 12.1 Å². The van der Waals surface area contributed by atoms with E-state index in [1.807, 2.05) is 13.8 Å². The van der Waals surface area contributed by atoms with Crippen LogP contribution >= 0.6 is 15.9 Å². The van der Waals surface area contributed by atoms with Crippen LogP contribution in [0.2, 0.25) is 0 Å². The average Bonchev–Trinajstić information content (AvgIpc) is 2.35. The Morgan fingerprint density at radius 1 is 1.20 bits per heavy atom. The number of aryl methyl sites for hydroxylation is 2. The number of rotatable bonds is 2. The summed E-state index contributed by atoms with van der Waals surface area (Å²) in [5.74, 6) is -1.52. The van der Waals surface area contributed by atoms with Crippen molar-refractivity contribution in [3.63, 3.8) is 0 Å². The zero-order valence-corrected chi connectivity index (χ0v) is 12.6. The number of amides is 1. The SMILES string of the molecule is Cc1cc(NC(=O)c2ccc(O)cc2F)cc(C)c1Br. The second-order valence-electron chi connectivity index (χ2n) is 4.54. The minimum absolute atomic E-state index is 0.110. The number of carbonyl (C=O) groups is 1. The smallest absolute Gasteiger partial charge is 0.258 e. The molecule has 0 aliphatic rings. The zero-order chi connectivity index (χ0) is 14.9. The van der Waals surface area contributed by atoms with Gasteiger partial charge >= 0.3 is 0 Å². The fraction of sp³-hybridized carbons (Fsp3) is 0.133. The van der Waals surface area contributed by atoms with Crippen molar-refractivity contribution in [2.45, 2.75) is 13.8 Å². The van der Waals surface area contributed by atoms with Crippen LogP contribution in [0.5, 0.6) is 5.75 Å². The molecule has 0 radical (unpaired) electrons. The molecule has 2 aromatic rings. The topological polar surface area (TPSA) is 49.3 Å². The molecule has 0 spiro atoms. The van der Waals surface area contributed by atoms with Gasteiger partial charge in [0.2, 0.25) is 0 Å². The molecule has 5 heteroatoms. The van der Waals surface area contributed by atoms with Crippen molar-refractivity contribution in [3.8, 4) is 5.75 Å². The van der Waals surface area contributed by atoms with Crippen molar-refractivity contribution in [2.24, 2.45) is 0 Å². The first-order chi connectivity index (χ1) is 9.38. The van der Waals surface area contributed by atoms with Gasteiger partial charge in [-0.05, 0) is 49.2 Å². The third-order valence-corrected chi connectivity index (χ3v) is 4.14. The van der Waals surface area contributed by atoms with Crippen LogP contribution in [0.3, 0.4) is 0 Å². The summed E-state index contributed by atoms with van der Waals surface area (Å²) in [5, 5.41) is 11.8. The summed E-state index contributed by atoms with van der Waals surface area (Å²) in [5.41, 5.74) is 2.44. The van der Waals surface area contributed by atoms with Gasteiger partial charge in [-0.2, -0.15) is 0 Å². The van der Waals surface area contributed by atoms with E-state index in [0.29, 0.717) is 5.69 Å². The van der Waals surface area contributed by atoms with E-state index < -0.39 is 11.7 Å². The Balaban J connectivity index is 2.28. The molecule has 104 valence electrons. The lowest BCUT2D eigenvalue weighted by atomic mass is 10.1. The predicted octanol–water partition coefficient (Wildman–Crippen LogP) is 4.16. The molecule has 0 unspecified atom stereocenters. The molecule has 2 N–H and O–H groups in total. The number of nitrogens with one attached hydrogen (secondary N) is 1. The normalized spacial score (nSPS) is 10.4. The van der Waals surface area contributed by atoms with E-state index in [-0.39, 0.29) is 11.3 Å². The number of carbonyl (C=O) groups excluding carboxylic acids is 1. The predicted molar refractivity (Wildman–Crippen MR) is 79.6 cm³/mol. The Hall–Kier alpha value is -1.88. The average molecular weight is 338 g/mol. The van der Waals surface area contributed by atoms with Gasteiger partial charge < -0.3 is 10.4 Å². The van der Waals surface area contributed by atoms with Gasteiger partial charge in [-0.1, -0.05) is 15.9 Å². The number of aromatic hydroxyl groups is 1. The lowest BCUT2D eigenvalue weighted by molar-refractivity contribution is 0.102. The van der Waals surface area contributed by atoms with E-state index in [0.717, 1.165) is 21.7 Å². The van der Waals surface area contributed by atoms with Gasteiger partial charge in [0, 0.05) is 16.2 Å². The molecule has 0 heterocycles. The van der Waals surface area contributed by atoms with Crippen LogP contribution in [0.1, 0.15) is 21.5 Å². The second kappa shape index (κ2) is 5.63. The summed E-state index contributed by atoms with van der Waals surface area (Å²) in [4.78, 5) is 12.0. The van der Waals surface area contributed by atoms with Gasteiger partial charge in [-0.25, -0.2) is 4.39 Å². The van der Waals surface area contributed by atoms with Crippen molar-refractivity contribution in [2.75, 3.05) is 5.32 Å². The molecule has 0 saturated carbocycles. The number of anilines is 1. The van der Waals surface area contributed by atoms with Gasteiger partial charge in [0.15, 0.2) is 0 Å². The van der Waals surface area contributed by atoms with Crippen LogP contribution in [0.4, 0.5) is 10.1 Å². The molecule has 0 fully saturated rings. The fourth-order valence-corrected chi connectivity index (χ4v) is 2.13. The van der Waals surface area contributed by atoms with Gasteiger partial charge in [0.25, 0.3) is 5.91 Å². The van der Waals surface area contributed by atoms with Gasteiger partial charge in [0.1, 0.15) is 11.6 Å². The summed E-state index contributed by atoms with van der Waals surface area (Å²) >= 11 is 3.44. The molecule has 0 aliphatic carbocycles. The molecule has 0 aliphatic heterocycles. The molecule has 0 bridgehead atoms. The second-order valence-corrected chi connectivity index (χ2v) is 5.34. The Bertz CT molecular complexity index is 663. The van der Waals surface area contributed by atoms with Gasteiger partial charge in [0.05, 0.1) is 5.56 Å². The highest BCUT2D eigenvalue weighted by molar-refractivity contribution is 9.10. The maximum Gasteiger partial charge on any atom is 0.258 e. The number of hydrogen-bond donors (Lipinski definition) is 2. The maximum absolute atomic E-state index is 13.6. The van der Waals surface area contributed by atoms with Gasteiger partial charge in [-0.3, -0.25) is 4.79 Å². The van der Waals surface area contributed by atoms with Crippen molar-refractivity contribution < 1.29 is 14.3 Å². The van der Waals surface area contributed by atoms with E-state index in [9.17, 15) is 9.18 Å². The van der Waals surface area contributed by atoms with E-state index >= 15 is 0 Å². The number of phenols is 1. The van der Waals surface area contributed by atoms with Crippen molar-refractivity contribution >= 4 is 27.5 Å². The minimum Gasteiger partial charge on any atom is -0.508 e. The van der Waals surface area contributed by atoms with Crippen LogP contribution in [0, 0.1) is 19.7 Å². The quantitative estimate of drug-likeness (QED) is 0.864. The Morgan fingerprint density at radius 2 is 1.80 bits per heavy atom. The summed E-state index contributed by atoms with van der Waals surface area (Å²) < 4.78 is 14.6. The summed E-state index contributed by atoms with van der Waals surface area (Å²) in [6, 6.07) is 7.03. The molecule has 2 rings (SSSR count). The van der Waals surface area contributed by atoms with Crippen LogP contribution in [0.15, 0.2) is 34.8 Å². The number of halogens is 2. The Kier molecular flexibility index (Phi) is 4.09. The van der Waals surface area contributed by atoms with Crippen molar-refractivity contribution in [1.82, 2.24) is 0 Å². The first-order valence-electron chi connectivity index (χ1n) is 5.95. The van der Waals surface area contributed by atoms with Crippen LogP contribution in [-0.2, 0) is 0 Å². The lowest BCUT2D eigenvalue weighted by Gasteiger charge is -2.10. The highest BCUT2D eigenvalue weighted by Crippen LogP contribution is 2.25. The molecule has 1 amide bonds. The standard InChI is InChI=1S/C15H13BrFNO2/c1-8-5-10(6-9(2)14(8)16)18-15(20)12-4-3-11(19)7-13(12)17/h3-7,19H,1-2H3,(H,18,20). The van der Waals surface area contributed by atoms with Crippen LogP contribution < -0.4 is 5.32 Å². The fourth-order valence-electron chi connectivity index (χ4n) is 1.90. The molecular weight excluding hydrogens is 325 g/mol. The first kappa shape index (κ1) is 14.5. The third kappa shape index (κ3) is 2.99. The van der Waals surface area contributed by atoms with Crippen LogP contribution in [-0.4, -0.2) is 11.0 Å². The number of phenolic OH excluding ortho intramolecular Hbond substituents is 1. The molecule has 0 saturated heterocycles. The summed E-state index contributed by atoms with van der Waals surface area (Å²) in [6.07, 6.45) is 0. The number of hydrogen-bond acceptors (Lipinski definition) is 2. The monoisotopic (exact) mass is 337 g/mol. The first-order valence-corrected chi connectivity index (χ1v) is 6.74. The molecule has 0 aromatic heterocycles. The van der Waals surface area contributed by atoms with E-state index in [4.69, 9.17) is 5.11 Å².